The maximum Gasteiger partial charge on any atom is 0.241 e. The van der Waals surface area contributed by atoms with E-state index in [0.29, 0.717) is 13.0 Å². The van der Waals surface area contributed by atoms with Crippen LogP contribution in [0.2, 0.25) is 0 Å². The molecule has 5 nitrogen and oxygen atoms in total. The van der Waals surface area contributed by atoms with Crippen molar-refractivity contribution < 1.29 is 9.59 Å². The van der Waals surface area contributed by atoms with Crippen molar-refractivity contribution in [3.63, 3.8) is 0 Å². The second-order valence-corrected chi connectivity index (χ2v) is 8.29. The summed E-state index contributed by atoms with van der Waals surface area (Å²) < 4.78 is 0. The van der Waals surface area contributed by atoms with Crippen LogP contribution in [-0.2, 0) is 9.59 Å². The lowest BCUT2D eigenvalue weighted by molar-refractivity contribution is -0.134. The second-order valence-electron chi connectivity index (χ2n) is 8.29. The summed E-state index contributed by atoms with van der Waals surface area (Å²) in [5.74, 6) is 2.65. The van der Waals surface area contributed by atoms with E-state index in [1.54, 1.807) is 11.9 Å². The van der Waals surface area contributed by atoms with Gasteiger partial charge >= 0.3 is 0 Å². The molecule has 23 heavy (non-hydrogen) atoms. The van der Waals surface area contributed by atoms with Crippen molar-refractivity contribution >= 4 is 11.8 Å². The minimum Gasteiger partial charge on any atom is -0.347 e. The highest BCUT2D eigenvalue weighted by Gasteiger charge is 2.51. The van der Waals surface area contributed by atoms with Gasteiger partial charge in [-0.3, -0.25) is 9.59 Å². The summed E-state index contributed by atoms with van der Waals surface area (Å²) in [6.07, 6.45) is 8.54. The van der Waals surface area contributed by atoms with E-state index in [1.165, 1.54) is 38.5 Å². The average Bonchev–Trinajstić information content (AvgIpc) is 2.48. The molecule has 2 amide bonds. The van der Waals surface area contributed by atoms with Crippen LogP contribution in [0.5, 0.6) is 0 Å². The number of hydrogen-bond acceptors (Lipinski definition) is 3. The van der Waals surface area contributed by atoms with Crippen molar-refractivity contribution in [2.75, 3.05) is 33.7 Å². The Morgan fingerprint density at radius 2 is 1.65 bits per heavy atom. The molecule has 4 rings (SSSR count). The molecule has 0 spiro atoms. The van der Waals surface area contributed by atoms with E-state index >= 15 is 0 Å². The predicted molar refractivity (Wildman–Crippen MR) is 89.8 cm³/mol. The van der Waals surface area contributed by atoms with E-state index in [0.717, 1.165) is 24.3 Å². The summed E-state index contributed by atoms with van der Waals surface area (Å²) >= 11 is 0. The average molecular weight is 321 g/mol. The van der Waals surface area contributed by atoms with Gasteiger partial charge in [-0.2, -0.15) is 0 Å². The number of hydrogen-bond donors (Lipinski definition) is 2. The largest absolute Gasteiger partial charge is 0.347 e. The molecule has 4 bridgehead atoms. The van der Waals surface area contributed by atoms with E-state index in [1.807, 2.05) is 7.05 Å². The Kier molecular flexibility index (Phi) is 4.95. The maximum atomic E-state index is 12.4. The molecule has 0 aliphatic heterocycles. The molecule has 5 heteroatoms. The molecule has 4 aliphatic carbocycles. The zero-order valence-corrected chi connectivity index (χ0v) is 14.6. The van der Waals surface area contributed by atoms with Crippen LogP contribution < -0.4 is 10.6 Å². The van der Waals surface area contributed by atoms with Gasteiger partial charge in [0.25, 0.3) is 0 Å². The number of likely N-dealkylation sites (N-methyl/N-ethyl adjacent to an activating group) is 2. The molecule has 0 saturated heterocycles. The molecule has 0 aromatic heterocycles. The minimum absolute atomic E-state index is 0.0147. The minimum atomic E-state index is -0.0147. The first-order chi connectivity index (χ1) is 11.0. The molecule has 0 radical (unpaired) electrons. The number of amides is 2. The standard InChI is InChI=1S/C18H31N3O2/c1-19-3-4-21(2)17(23)12-20-16(22)11-18-8-13-5-14(9-18)7-15(6-13)10-18/h13-15,19H,3-12H2,1-2H3,(H,20,22). The smallest absolute Gasteiger partial charge is 0.241 e. The SMILES string of the molecule is CNCCN(C)C(=O)CNC(=O)CC12CC3CC(CC(C3)C1)C2. The fraction of sp³-hybridized carbons (Fsp3) is 0.889. The van der Waals surface area contributed by atoms with Gasteiger partial charge in [-0.1, -0.05) is 0 Å². The van der Waals surface area contributed by atoms with Crippen LogP contribution >= 0.6 is 0 Å². The van der Waals surface area contributed by atoms with E-state index in [2.05, 4.69) is 10.6 Å². The van der Waals surface area contributed by atoms with Gasteiger partial charge in [0, 0.05) is 26.6 Å². The van der Waals surface area contributed by atoms with Gasteiger partial charge in [0.1, 0.15) is 0 Å². The third kappa shape index (κ3) is 3.87. The number of carbonyl (C=O) groups excluding carboxylic acids is 2. The van der Waals surface area contributed by atoms with Crippen LogP contribution in [0.25, 0.3) is 0 Å². The zero-order valence-electron chi connectivity index (χ0n) is 14.6. The van der Waals surface area contributed by atoms with E-state index in [-0.39, 0.29) is 23.8 Å². The molecule has 4 aliphatic rings. The molecule has 4 fully saturated rings. The molecule has 4 saturated carbocycles. The van der Waals surface area contributed by atoms with Gasteiger partial charge in [-0.15, -0.1) is 0 Å². The van der Waals surface area contributed by atoms with Crippen LogP contribution in [0.15, 0.2) is 0 Å². The molecule has 0 atom stereocenters. The van der Waals surface area contributed by atoms with Crippen LogP contribution in [0.1, 0.15) is 44.9 Å². The Labute approximate surface area is 139 Å². The fourth-order valence-electron chi connectivity index (χ4n) is 5.62. The van der Waals surface area contributed by atoms with Gasteiger partial charge in [-0.05, 0) is 68.7 Å². The van der Waals surface area contributed by atoms with Crippen molar-refractivity contribution in [2.24, 2.45) is 23.2 Å². The summed E-state index contributed by atoms with van der Waals surface area (Å²) in [6, 6.07) is 0. The summed E-state index contributed by atoms with van der Waals surface area (Å²) in [5.41, 5.74) is 0.250. The van der Waals surface area contributed by atoms with Gasteiger partial charge in [-0.25, -0.2) is 0 Å². The molecule has 2 N–H and O–H groups in total. The Bertz CT molecular complexity index is 428. The van der Waals surface area contributed by atoms with E-state index < -0.39 is 0 Å². The van der Waals surface area contributed by atoms with Gasteiger partial charge < -0.3 is 15.5 Å². The molecule has 130 valence electrons. The Morgan fingerprint density at radius 3 is 2.17 bits per heavy atom. The number of nitrogens with zero attached hydrogens (tertiary/aromatic N) is 1. The van der Waals surface area contributed by atoms with E-state index in [9.17, 15) is 9.59 Å². The molecular weight excluding hydrogens is 290 g/mol. The van der Waals surface area contributed by atoms with Crippen molar-refractivity contribution in [3.8, 4) is 0 Å². The molecule has 0 aromatic rings. The first kappa shape index (κ1) is 16.7. The maximum absolute atomic E-state index is 12.4. The summed E-state index contributed by atoms with van der Waals surface area (Å²) in [4.78, 5) is 26.0. The van der Waals surface area contributed by atoms with Crippen molar-refractivity contribution in [3.05, 3.63) is 0 Å². The number of nitrogens with one attached hydrogen (secondary N) is 2. The topological polar surface area (TPSA) is 61.4 Å². The van der Waals surface area contributed by atoms with Crippen molar-refractivity contribution in [2.45, 2.75) is 44.9 Å². The predicted octanol–water partition coefficient (Wildman–Crippen LogP) is 1.39. The lowest BCUT2D eigenvalue weighted by atomic mass is 9.49. The highest BCUT2D eigenvalue weighted by atomic mass is 16.2. The monoisotopic (exact) mass is 321 g/mol. The lowest BCUT2D eigenvalue weighted by Gasteiger charge is -2.56. The normalized spacial score (nSPS) is 34.4. The molecule has 0 aromatic carbocycles. The first-order valence-corrected chi connectivity index (χ1v) is 9.15. The highest BCUT2D eigenvalue weighted by Crippen LogP contribution is 2.61. The summed E-state index contributed by atoms with van der Waals surface area (Å²) in [7, 11) is 3.65. The zero-order chi connectivity index (χ0) is 16.4. The number of carbonyl (C=O) groups is 2. The first-order valence-electron chi connectivity index (χ1n) is 9.15. The van der Waals surface area contributed by atoms with Crippen molar-refractivity contribution in [1.82, 2.24) is 15.5 Å². The Hall–Kier alpha value is -1.10. The van der Waals surface area contributed by atoms with Gasteiger partial charge in [0.15, 0.2) is 0 Å². The van der Waals surface area contributed by atoms with Crippen LogP contribution in [-0.4, -0.2) is 50.4 Å². The molecule has 0 unspecified atom stereocenters. The summed E-state index contributed by atoms with van der Waals surface area (Å²) in [6.45, 7) is 1.56. The van der Waals surface area contributed by atoms with Crippen LogP contribution in [0, 0.1) is 23.2 Å². The quantitative estimate of drug-likeness (QED) is 0.745. The van der Waals surface area contributed by atoms with Gasteiger partial charge in [0.2, 0.25) is 11.8 Å². The Morgan fingerprint density at radius 1 is 1.09 bits per heavy atom. The number of rotatable bonds is 7. The third-order valence-electron chi connectivity index (χ3n) is 6.26. The fourth-order valence-corrected chi connectivity index (χ4v) is 5.62. The Balaban J connectivity index is 1.45. The third-order valence-corrected chi connectivity index (χ3v) is 6.26. The van der Waals surface area contributed by atoms with Crippen LogP contribution in [0.3, 0.4) is 0 Å². The highest BCUT2D eigenvalue weighted by molar-refractivity contribution is 5.84. The second kappa shape index (κ2) is 6.80. The van der Waals surface area contributed by atoms with E-state index in [4.69, 9.17) is 0 Å². The lowest BCUT2D eigenvalue weighted by Crippen LogP contribution is -2.48. The van der Waals surface area contributed by atoms with Crippen molar-refractivity contribution in [1.29, 1.82) is 0 Å². The molecular formula is C18H31N3O2. The molecule has 0 heterocycles. The summed E-state index contributed by atoms with van der Waals surface area (Å²) in [5, 5.41) is 5.89. The van der Waals surface area contributed by atoms with Gasteiger partial charge in [0.05, 0.1) is 6.54 Å². The van der Waals surface area contributed by atoms with Crippen LogP contribution in [0.4, 0.5) is 0 Å².